The predicted molar refractivity (Wildman–Crippen MR) is 116 cm³/mol. The van der Waals surface area contributed by atoms with Gasteiger partial charge in [-0.1, -0.05) is 24.3 Å². The van der Waals surface area contributed by atoms with Crippen molar-refractivity contribution in [1.82, 2.24) is 15.5 Å². The van der Waals surface area contributed by atoms with Crippen LogP contribution in [0.1, 0.15) is 31.4 Å². The quantitative estimate of drug-likeness (QED) is 0.332. The fraction of sp³-hybridized carbons (Fsp3) is 0.632. The molecular weight excluding hydrogens is 484 g/mol. The van der Waals surface area contributed by atoms with Gasteiger partial charge in [0, 0.05) is 32.7 Å². The highest BCUT2D eigenvalue weighted by Gasteiger charge is 2.34. The van der Waals surface area contributed by atoms with Gasteiger partial charge in [-0.15, -0.1) is 24.0 Å². The number of benzene rings is 1. The van der Waals surface area contributed by atoms with Crippen LogP contribution in [0, 0.1) is 0 Å². The van der Waals surface area contributed by atoms with E-state index in [9.17, 15) is 13.2 Å². The van der Waals surface area contributed by atoms with Gasteiger partial charge in [-0.05, 0) is 31.4 Å². The Morgan fingerprint density at radius 2 is 1.89 bits per heavy atom. The number of ether oxygens (including phenoxy) is 1. The second-order valence-electron chi connectivity index (χ2n) is 7.08. The Kier molecular flexibility index (Phi) is 10.5. The van der Waals surface area contributed by atoms with Crippen LogP contribution in [0.15, 0.2) is 29.3 Å². The van der Waals surface area contributed by atoms with Gasteiger partial charge in [-0.3, -0.25) is 9.89 Å². The van der Waals surface area contributed by atoms with E-state index in [2.05, 4.69) is 15.6 Å². The number of nitrogens with zero attached hydrogens (tertiary/aromatic N) is 2. The molecule has 1 aliphatic rings. The van der Waals surface area contributed by atoms with Gasteiger partial charge in [0.05, 0.1) is 19.3 Å². The molecule has 1 saturated heterocycles. The van der Waals surface area contributed by atoms with Crippen LogP contribution in [0.2, 0.25) is 0 Å². The number of rotatable bonds is 7. The normalized spacial score (nSPS) is 18.2. The molecule has 0 spiro atoms. The van der Waals surface area contributed by atoms with Gasteiger partial charge >= 0.3 is 6.18 Å². The monoisotopic (exact) mass is 514 g/mol. The fourth-order valence-corrected chi connectivity index (χ4v) is 2.94. The van der Waals surface area contributed by atoms with Crippen molar-refractivity contribution in [3.05, 3.63) is 35.4 Å². The summed E-state index contributed by atoms with van der Waals surface area (Å²) in [7, 11) is 1.66. The lowest BCUT2D eigenvalue weighted by atomic mass is 10.1. The Hall–Kier alpha value is -1.07. The molecule has 1 aliphatic heterocycles. The maximum absolute atomic E-state index is 12.5. The van der Waals surface area contributed by atoms with Crippen LogP contribution >= 0.6 is 24.0 Å². The van der Waals surface area contributed by atoms with Gasteiger partial charge in [0.1, 0.15) is 0 Å². The Morgan fingerprint density at radius 3 is 2.46 bits per heavy atom. The zero-order valence-electron chi connectivity index (χ0n) is 16.6. The van der Waals surface area contributed by atoms with Gasteiger partial charge in [0.2, 0.25) is 0 Å². The van der Waals surface area contributed by atoms with Gasteiger partial charge in [-0.25, -0.2) is 0 Å². The Balaban J connectivity index is 0.00000392. The third-order valence-electron chi connectivity index (χ3n) is 4.31. The van der Waals surface area contributed by atoms with E-state index in [-0.39, 0.29) is 36.1 Å². The molecule has 1 heterocycles. The van der Waals surface area contributed by atoms with E-state index < -0.39 is 12.7 Å². The second kappa shape index (κ2) is 11.8. The zero-order valence-corrected chi connectivity index (χ0v) is 18.9. The number of guanidine groups is 1. The van der Waals surface area contributed by atoms with Crippen molar-refractivity contribution in [2.24, 2.45) is 4.99 Å². The summed E-state index contributed by atoms with van der Waals surface area (Å²) in [4.78, 5) is 5.59. The van der Waals surface area contributed by atoms with E-state index in [0.717, 1.165) is 11.1 Å². The molecular formula is C19H30F3IN4O. The molecule has 160 valence electrons. The highest BCUT2D eigenvalue weighted by Crippen LogP contribution is 2.19. The minimum absolute atomic E-state index is 0. The number of aliphatic imine (C=N–C) groups is 1. The molecule has 0 radical (unpaired) electrons. The van der Waals surface area contributed by atoms with Crippen molar-refractivity contribution in [3.8, 4) is 0 Å². The number of alkyl halides is 3. The van der Waals surface area contributed by atoms with Crippen molar-refractivity contribution in [2.45, 2.75) is 51.7 Å². The van der Waals surface area contributed by atoms with Crippen molar-refractivity contribution < 1.29 is 17.9 Å². The van der Waals surface area contributed by atoms with E-state index in [1.165, 1.54) is 4.90 Å². The highest BCUT2D eigenvalue weighted by molar-refractivity contribution is 14.0. The van der Waals surface area contributed by atoms with E-state index in [4.69, 9.17) is 4.74 Å². The lowest BCUT2D eigenvalue weighted by Crippen LogP contribution is -2.44. The minimum atomic E-state index is -4.15. The van der Waals surface area contributed by atoms with Crippen LogP contribution in [0.3, 0.4) is 0 Å². The summed E-state index contributed by atoms with van der Waals surface area (Å²) >= 11 is 0. The lowest BCUT2D eigenvalue weighted by Gasteiger charge is -2.20. The van der Waals surface area contributed by atoms with Gasteiger partial charge in [-0.2, -0.15) is 13.2 Å². The number of hydrogen-bond acceptors (Lipinski definition) is 3. The summed E-state index contributed by atoms with van der Waals surface area (Å²) in [5.41, 5.74) is 2.21. The molecule has 1 fully saturated rings. The smallest absolute Gasteiger partial charge is 0.374 e. The Bertz CT molecular complexity index is 608. The standard InChI is InChI=1S/C19H29F3N4O.HI/c1-14(2)27-12-16-6-4-15(5-7-16)10-24-18(23-3)25-17-8-9-26(11-17)13-19(20,21)22;/h4-7,14,17H,8-13H2,1-3H3,(H2,23,24,25);1H. The second-order valence-corrected chi connectivity index (χ2v) is 7.08. The fourth-order valence-electron chi connectivity index (χ4n) is 2.94. The minimum Gasteiger partial charge on any atom is -0.374 e. The largest absolute Gasteiger partial charge is 0.401 e. The third kappa shape index (κ3) is 9.42. The molecule has 0 bridgehead atoms. The SMILES string of the molecule is CN=C(NCc1ccc(COC(C)C)cc1)NC1CCN(CC(F)(F)F)C1.I. The molecule has 0 aromatic heterocycles. The first-order chi connectivity index (χ1) is 12.7. The molecule has 2 rings (SSSR count). The predicted octanol–water partition coefficient (Wildman–Crippen LogP) is 3.53. The van der Waals surface area contributed by atoms with Crippen molar-refractivity contribution in [1.29, 1.82) is 0 Å². The maximum atomic E-state index is 12.5. The van der Waals surface area contributed by atoms with E-state index in [0.29, 0.717) is 38.6 Å². The first-order valence-electron chi connectivity index (χ1n) is 9.21. The molecule has 1 unspecified atom stereocenters. The van der Waals surface area contributed by atoms with Crippen LogP contribution in [-0.2, 0) is 17.9 Å². The van der Waals surface area contributed by atoms with Crippen molar-refractivity contribution in [2.75, 3.05) is 26.7 Å². The summed E-state index contributed by atoms with van der Waals surface area (Å²) in [6, 6.07) is 8.08. The molecule has 5 nitrogen and oxygen atoms in total. The zero-order chi connectivity index (χ0) is 19.9. The molecule has 9 heteroatoms. The van der Waals surface area contributed by atoms with Gasteiger partial charge in [0.15, 0.2) is 5.96 Å². The van der Waals surface area contributed by atoms with Crippen LogP contribution in [0.25, 0.3) is 0 Å². The third-order valence-corrected chi connectivity index (χ3v) is 4.31. The van der Waals surface area contributed by atoms with Crippen LogP contribution in [-0.4, -0.2) is 55.9 Å². The molecule has 1 aromatic carbocycles. The van der Waals surface area contributed by atoms with E-state index in [1.807, 2.05) is 38.1 Å². The molecule has 0 aliphatic carbocycles. The lowest BCUT2D eigenvalue weighted by molar-refractivity contribution is -0.143. The Labute approximate surface area is 182 Å². The molecule has 2 N–H and O–H groups in total. The van der Waals surface area contributed by atoms with E-state index >= 15 is 0 Å². The number of nitrogens with one attached hydrogen (secondary N) is 2. The van der Waals surface area contributed by atoms with Gasteiger partial charge < -0.3 is 15.4 Å². The summed E-state index contributed by atoms with van der Waals surface area (Å²) < 4.78 is 43.0. The van der Waals surface area contributed by atoms with Crippen molar-refractivity contribution in [3.63, 3.8) is 0 Å². The average Bonchev–Trinajstić information content (AvgIpc) is 3.02. The topological polar surface area (TPSA) is 48.9 Å². The first-order valence-corrected chi connectivity index (χ1v) is 9.21. The molecule has 0 amide bonds. The van der Waals surface area contributed by atoms with Crippen LogP contribution in [0.5, 0.6) is 0 Å². The summed E-state index contributed by atoms with van der Waals surface area (Å²) in [6.07, 6.45) is -3.29. The highest BCUT2D eigenvalue weighted by atomic mass is 127. The van der Waals surface area contributed by atoms with Crippen LogP contribution < -0.4 is 10.6 Å². The molecule has 0 saturated carbocycles. The average molecular weight is 514 g/mol. The number of likely N-dealkylation sites (tertiary alicyclic amines) is 1. The summed E-state index contributed by atoms with van der Waals surface area (Å²) in [5, 5.41) is 6.42. The van der Waals surface area contributed by atoms with Gasteiger partial charge in [0.25, 0.3) is 0 Å². The molecule has 1 aromatic rings. The maximum Gasteiger partial charge on any atom is 0.401 e. The Morgan fingerprint density at radius 1 is 1.25 bits per heavy atom. The molecule has 1 atom stereocenters. The molecule has 28 heavy (non-hydrogen) atoms. The van der Waals surface area contributed by atoms with Crippen LogP contribution in [0.4, 0.5) is 13.2 Å². The summed E-state index contributed by atoms with van der Waals surface area (Å²) in [5.74, 6) is 0.598. The first kappa shape index (κ1) is 25.0. The number of hydrogen-bond donors (Lipinski definition) is 2. The summed E-state index contributed by atoms with van der Waals surface area (Å²) in [6.45, 7) is 5.13. The van der Waals surface area contributed by atoms with Crippen molar-refractivity contribution >= 4 is 29.9 Å². The number of halogens is 4. The van der Waals surface area contributed by atoms with E-state index in [1.54, 1.807) is 7.05 Å².